The fourth-order valence-electron chi connectivity index (χ4n) is 1.73. The minimum atomic E-state index is -0.913. The van der Waals surface area contributed by atoms with Gasteiger partial charge in [-0.2, -0.15) is 0 Å². The van der Waals surface area contributed by atoms with Crippen molar-refractivity contribution < 1.29 is 5.11 Å². The molecule has 0 bridgehead atoms. The summed E-state index contributed by atoms with van der Waals surface area (Å²) in [4.78, 5) is 0. The van der Waals surface area contributed by atoms with E-state index in [1.54, 1.807) is 0 Å². The molecular weight excluding hydrogens is 150 g/mol. The van der Waals surface area contributed by atoms with E-state index in [0.717, 1.165) is 6.21 Å². The third kappa shape index (κ3) is 1.04. The topological polar surface area (TPSA) is 44.1 Å². The Morgan fingerprint density at radius 2 is 1.75 bits per heavy atom. The van der Waals surface area contributed by atoms with E-state index in [9.17, 15) is 5.11 Å². The molecule has 0 atom stereocenters. The first-order valence-corrected chi connectivity index (χ1v) is 4.04. The molecule has 1 aromatic carbocycles. The number of nitrogens with one attached hydrogen (secondary N) is 1. The van der Waals surface area contributed by atoms with Gasteiger partial charge in [0.15, 0.2) is 0 Å². The Morgan fingerprint density at radius 1 is 1.25 bits per heavy atom. The lowest BCUT2D eigenvalue weighted by molar-refractivity contribution is 0.129. The van der Waals surface area contributed by atoms with Gasteiger partial charge in [-0.05, 0) is 11.1 Å². The van der Waals surface area contributed by atoms with Gasteiger partial charge in [0, 0.05) is 19.1 Å². The first-order chi connectivity index (χ1) is 5.73. The molecule has 1 aliphatic rings. The highest BCUT2D eigenvalue weighted by Gasteiger charge is 2.32. The van der Waals surface area contributed by atoms with Crippen LogP contribution in [0.15, 0.2) is 24.3 Å². The van der Waals surface area contributed by atoms with Crippen LogP contribution in [0.5, 0.6) is 0 Å². The predicted molar refractivity (Wildman–Crippen MR) is 47.6 cm³/mol. The van der Waals surface area contributed by atoms with Gasteiger partial charge in [-0.1, -0.05) is 24.3 Å². The summed E-state index contributed by atoms with van der Waals surface area (Å²) in [6.45, 7) is 0. The van der Waals surface area contributed by atoms with Crippen molar-refractivity contribution in [2.45, 2.75) is 18.4 Å². The highest BCUT2D eigenvalue weighted by molar-refractivity contribution is 5.68. The van der Waals surface area contributed by atoms with Crippen molar-refractivity contribution in [2.75, 3.05) is 0 Å². The summed E-state index contributed by atoms with van der Waals surface area (Å²) < 4.78 is 0. The second-order valence-corrected chi connectivity index (χ2v) is 3.37. The van der Waals surface area contributed by atoms with Gasteiger partial charge in [-0.25, -0.2) is 0 Å². The lowest BCUT2D eigenvalue weighted by atomic mass is 10.0. The molecule has 0 aliphatic heterocycles. The molecule has 0 amide bonds. The summed E-state index contributed by atoms with van der Waals surface area (Å²) in [5.74, 6) is 0. The molecule has 62 valence electrons. The summed E-state index contributed by atoms with van der Waals surface area (Å²) in [6.07, 6.45) is 2.33. The molecule has 2 heteroatoms. The van der Waals surface area contributed by atoms with Crippen molar-refractivity contribution in [3.63, 3.8) is 0 Å². The highest BCUT2D eigenvalue weighted by atomic mass is 16.3. The van der Waals surface area contributed by atoms with Gasteiger partial charge in [0.1, 0.15) is 5.60 Å². The molecule has 0 radical (unpaired) electrons. The zero-order valence-electron chi connectivity index (χ0n) is 6.75. The molecule has 0 saturated carbocycles. The number of rotatable bonds is 1. The second kappa shape index (κ2) is 2.42. The normalized spacial score (nSPS) is 18.8. The van der Waals surface area contributed by atoms with Crippen molar-refractivity contribution in [3.8, 4) is 0 Å². The van der Waals surface area contributed by atoms with Crippen LogP contribution in [0.2, 0.25) is 0 Å². The number of aliphatic hydroxyl groups is 1. The number of hydrogen-bond acceptors (Lipinski definition) is 2. The molecule has 0 fully saturated rings. The Morgan fingerprint density at radius 3 is 2.17 bits per heavy atom. The Bertz CT molecular complexity index is 294. The van der Waals surface area contributed by atoms with Crippen LogP contribution < -0.4 is 0 Å². The first-order valence-electron chi connectivity index (χ1n) is 4.04. The molecule has 12 heavy (non-hydrogen) atoms. The van der Waals surface area contributed by atoms with Gasteiger partial charge in [0.2, 0.25) is 0 Å². The molecule has 0 aromatic heterocycles. The fourth-order valence-corrected chi connectivity index (χ4v) is 1.73. The minimum Gasteiger partial charge on any atom is -0.384 e. The molecule has 0 spiro atoms. The Balaban J connectivity index is 2.39. The standard InChI is InChI=1S/C10H11NO/c11-7-10(12)5-8-3-1-2-4-9(8)6-10/h1-4,7,11-12H,5-6H2. The van der Waals surface area contributed by atoms with Crippen LogP contribution in [0, 0.1) is 5.41 Å². The van der Waals surface area contributed by atoms with Gasteiger partial charge in [-0.15, -0.1) is 0 Å². The molecule has 2 nitrogen and oxygen atoms in total. The van der Waals surface area contributed by atoms with Gasteiger partial charge in [0.25, 0.3) is 0 Å². The number of fused-ring (bicyclic) bond motifs is 1. The quantitative estimate of drug-likeness (QED) is 0.596. The fraction of sp³-hybridized carbons (Fsp3) is 0.300. The van der Waals surface area contributed by atoms with Crippen LogP contribution in [0.4, 0.5) is 0 Å². The third-order valence-corrected chi connectivity index (χ3v) is 2.38. The van der Waals surface area contributed by atoms with E-state index in [-0.39, 0.29) is 0 Å². The molecule has 0 heterocycles. The predicted octanol–water partition coefficient (Wildman–Crippen LogP) is 1.17. The maximum Gasteiger partial charge on any atom is 0.107 e. The van der Waals surface area contributed by atoms with Crippen molar-refractivity contribution >= 4 is 6.21 Å². The summed E-state index contributed by atoms with van der Waals surface area (Å²) in [7, 11) is 0. The van der Waals surface area contributed by atoms with Gasteiger partial charge >= 0.3 is 0 Å². The van der Waals surface area contributed by atoms with Crippen LogP contribution in [-0.2, 0) is 12.8 Å². The van der Waals surface area contributed by atoms with Crippen LogP contribution in [0.1, 0.15) is 11.1 Å². The Hall–Kier alpha value is -1.15. The lowest BCUT2D eigenvalue weighted by Crippen LogP contribution is -2.30. The van der Waals surface area contributed by atoms with E-state index in [4.69, 9.17) is 5.41 Å². The SMILES string of the molecule is N=CC1(O)Cc2ccccc2C1. The highest BCUT2D eigenvalue weighted by Crippen LogP contribution is 2.28. The van der Waals surface area contributed by atoms with Crippen molar-refractivity contribution in [1.82, 2.24) is 0 Å². The average molecular weight is 161 g/mol. The Labute approximate surface area is 71.4 Å². The van der Waals surface area contributed by atoms with Crippen LogP contribution in [0.3, 0.4) is 0 Å². The summed E-state index contributed by atoms with van der Waals surface area (Å²) in [6, 6.07) is 7.96. The summed E-state index contributed by atoms with van der Waals surface area (Å²) >= 11 is 0. The summed E-state index contributed by atoms with van der Waals surface area (Å²) in [5, 5.41) is 16.9. The molecule has 1 aromatic rings. The maximum absolute atomic E-state index is 9.78. The molecule has 0 saturated heterocycles. The van der Waals surface area contributed by atoms with Crippen molar-refractivity contribution in [2.24, 2.45) is 0 Å². The number of hydrogen-bond donors (Lipinski definition) is 2. The smallest absolute Gasteiger partial charge is 0.107 e. The van der Waals surface area contributed by atoms with Crippen LogP contribution in [-0.4, -0.2) is 16.9 Å². The molecule has 2 rings (SSSR count). The van der Waals surface area contributed by atoms with Gasteiger partial charge in [-0.3, -0.25) is 0 Å². The van der Waals surface area contributed by atoms with Crippen molar-refractivity contribution in [3.05, 3.63) is 35.4 Å². The molecular formula is C10H11NO. The zero-order valence-corrected chi connectivity index (χ0v) is 6.75. The monoisotopic (exact) mass is 161 g/mol. The van der Waals surface area contributed by atoms with E-state index in [1.807, 2.05) is 24.3 Å². The van der Waals surface area contributed by atoms with Crippen LogP contribution >= 0.6 is 0 Å². The van der Waals surface area contributed by atoms with E-state index in [1.165, 1.54) is 11.1 Å². The van der Waals surface area contributed by atoms with Gasteiger partial charge in [0.05, 0.1) is 0 Å². The first kappa shape index (κ1) is 7.50. The van der Waals surface area contributed by atoms with E-state index >= 15 is 0 Å². The minimum absolute atomic E-state index is 0.590. The average Bonchev–Trinajstić information content (AvgIpc) is 2.42. The van der Waals surface area contributed by atoms with E-state index in [0.29, 0.717) is 12.8 Å². The second-order valence-electron chi connectivity index (χ2n) is 3.37. The Kier molecular flexibility index (Phi) is 1.51. The van der Waals surface area contributed by atoms with E-state index < -0.39 is 5.60 Å². The lowest BCUT2D eigenvalue weighted by Gasteiger charge is -2.13. The molecule has 1 aliphatic carbocycles. The molecule has 0 unspecified atom stereocenters. The number of benzene rings is 1. The largest absolute Gasteiger partial charge is 0.384 e. The maximum atomic E-state index is 9.78. The zero-order chi connectivity index (χ0) is 8.60. The summed E-state index contributed by atoms with van der Waals surface area (Å²) in [5.41, 5.74) is 1.43. The molecule has 2 N–H and O–H groups in total. The van der Waals surface area contributed by atoms with E-state index in [2.05, 4.69) is 0 Å². The van der Waals surface area contributed by atoms with Crippen LogP contribution in [0.25, 0.3) is 0 Å². The third-order valence-electron chi connectivity index (χ3n) is 2.38. The van der Waals surface area contributed by atoms with Gasteiger partial charge < -0.3 is 10.5 Å². The van der Waals surface area contributed by atoms with Crippen molar-refractivity contribution in [1.29, 1.82) is 5.41 Å².